The molecule has 1 atom stereocenters. The van der Waals surface area contributed by atoms with Gasteiger partial charge in [0.05, 0.1) is 45.8 Å². The number of carbonyl (C=O) groups excluding carboxylic acids is 1. The molecule has 0 spiro atoms. The number of nitrogens with two attached hydrogens (primary N) is 1. The number of rotatable bonds is 3. The number of hydrogen-bond acceptors (Lipinski definition) is 8. The van der Waals surface area contributed by atoms with Crippen LogP contribution in [0, 0.1) is 6.92 Å². The van der Waals surface area contributed by atoms with E-state index in [2.05, 4.69) is 19.9 Å². The van der Waals surface area contributed by atoms with Gasteiger partial charge >= 0.3 is 0 Å². The van der Waals surface area contributed by atoms with E-state index in [4.69, 9.17) is 10.5 Å². The number of methoxy groups -OCH3 is 1. The minimum absolute atomic E-state index is 0.0336. The lowest BCUT2D eigenvalue weighted by molar-refractivity contribution is 0.0961. The first-order valence-corrected chi connectivity index (χ1v) is 9.05. The molecule has 1 aliphatic rings. The van der Waals surface area contributed by atoms with Gasteiger partial charge in [0.15, 0.2) is 5.78 Å². The van der Waals surface area contributed by atoms with Gasteiger partial charge in [-0.05, 0) is 19.4 Å². The number of nitrogen functional groups attached to an aromatic ring is 1. The van der Waals surface area contributed by atoms with Crippen LogP contribution in [0.2, 0.25) is 0 Å². The summed E-state index contributed by atoms with van der Waals surface area (Å²) in [7, 11) is 1.59. The number of fused-ring (bicyclic) bond motifs is 1. The smallest absolute Gasteiger partial charge is 0.220 e. The van der Waals surface area contributed by atoms with Crippen LogP contribution in [0.25, 0.3) is 10.6 Å². The number of ketones is 1. The summed E-state index contributed by atoms with van der Waals surface area (Å²) in [5.41, 5.74) is 11.2. The molecule has 0 saturated carbocycles. The first kappa shape index (κ1) is 16.6. The third-order valence-corrected chi connectivity index (χ3v) is 5.34. The monoisotopic (exact) mass is 367 g/mol. The van der Waals surface area contributed by atoms with E-state index >= 15 is 0 Å². The summed E-state index contributed by atoms with van der Waals surface area (Å²) in [6.07, 6.45) is 0.983. The van der Waals surface area contributed by atoms with Gasteiger partial charge in [-0.25, -0.2) is 19.9 Å². The van der Waals surface area contributed by atoms with E-state index in [1.807, 2.05) is 12.1 Å². The fraction of sp³-hybridized carbons (Fsp3) is 0.278. The minimum Gasteiger partial charge on any atom is -0.481 e. The molecule has 3 aromatic heterocycles. The van der Waals surface area contributed by atoms with Gasteiger partial charge in [-0.3, -0.25) is 4.79 Å². The van der Waals surface area contributed by atoms with Crippen LogP contribution in [0.3, 0.4) is 0 Å². The van der Waals surface area contributed by atoms with Gasteiger partial charge < -0.3 is 10.5 Å². The topological polar surface area (TPSA) is 104 Å². The molecule has 7 nitrogen and oxygen atoms in total. The van der Waals surface area contributed by atoms with Crippen molar-refractivity contribution in [1.29, 1.82) is 0 Å². The number of nitrogens with zero attached hydrogens (tertiary/aromatic N) is 4. The van der Waals surface area contributed by atoms with Crippen molar-refractivity contribution < 1.29 is 9.53 Å². The molecule has 4 rings (SSSR count). The van der Waals surface area contributed by atoms with Gasteiger partial charge in [-0.1, -0.05) is 6.07 Å². The molecule has 26 heavy (non-hydrogen) atoms. The molecule has 0 radical (unpaired) electrons. The molecule has 1 aliphatic carbocycles. The molecule has 0 aliphatic heterocycles. The quantitative estimate of drug-likeness (QED) is 0.759. The van der Waals surface area contributed by atoms with Crippen molar-refractivity contribution in [2.24, 2.45) is 0 Å². The van der Waals surface area contributed by atoms with E-state index in [1.165, 1.54) is 11.3 Å². The summed E-state index contributed by atoms with van der Waals surface area (Å²) >= 11 is 1.51. The highest BCUT2D eigenvalue weighted by molar-refractivity contribution is 7.13. The van der Waals surface area contributed by atoms with Crippen LogP contribution >= 0.6 is 11.3 Å². The molecule has 8 heteroatoms. The highest BCUT2D eigenvalue weighted by atomic mass is 32.1. The number of ether oxygens (including phenoxy) is 1. The van der Waals surface area contributed by atoms with Gasteiger partial charge in [0.2, 0.25) is 11.8 Å². The Labute approximate surface area is 154 Å². The van der Waals surface area contributed by atoms with Crippen molar-refractivity contribution in [3.8, 4) is 16.5 Å². The molecule has 0 aromatic carbocycles. The Bertz CT molecular complexity index is 1000. The van der Waals surface area contributed by atoms with Gasteiger partial charge in [0.1, 0.15) is 0 Å². The summed E-state index contributed by atoms with van der Waals surface area (Å²) in [6, 6.07) is 5.61. The third-order valence-electron chi connectivity index (χ3n) is 4.48. The number of carbonyl (C=O) groups is 1. The van der Waals surface area contributed by atoms with E-state index < -0.39 is 0 Å². The molecule has 132 valence electrons. The molecule has 0 unspecified atom stereocenters. The second kappa shape index (κ2) is 6.45. The van der Waals surface area contributed by atoms with Crippen molar-refractivity contribution >= 4 is 23.1 Å². The number of aryl methyl sites for hydroxylation is 1. The van der Waals surface area contributed by atoms with E-state index in [-0.39, 0.29) is 17.6 Å². The largest absolute Gasteiger partial charge is 0.481 e. The second-order valence-electron chi connectivity index (χ2n) is 6.15. The predicted octanol–water partition coefficient (Wildman–Crippen LogP) is 2.81. The normalized spacial score (nSPS) is 16.4. The Morgan fingerprint density at radius 3 is 2.88 bits per heavy atom. The molecular weight excluding hydrogens is 350 g/mol. The highest BCUT2D eigenvalue weighted by Crippen LogP contribution is 2.38. The van der Waals surface area contributed by atoms with Gasteiger partial charge in [0.25, 0.3) is 0 Å². The molecule has 0 saturated heterocycles. The number of Topliss-reactive ketones (excluding diaryl/α,β-unsaturated/α-hetero) is 1. The Hall–Kier alpha value is -2.87. The lowest BCUT2D eigenvalue weighted by Gasteiger charge is -2.23. The number of anilines is 1. The maximum Gasteiger partial charge on any atom is 0.220 e. The average Bonchev–Trinajstić information content (AvgIpc) is 3.10. The van der Waals surface area contributed by atoms with Crippen molar-refractivity contribution in [2.75, 3.05) is 12.8 Å². The summed E-state index contributed by atoms with van der Waals surface area (Å²) in [5.74, 6) is 0.718. The molecule has 3 heterocycles. The molecular formula is C18H17N5O2S. The summed E-state index contributed by atoms with van der Waals surface area (Å²) in [4.78, 5) is 31.1. The average molecular weight is 367 g/mol. The lowest BCUT2D eigenvalue weighted by atomic mass is 9.83. The van der Waals surface area contributed by atoms with E-state index in [1.54, 1.807) is 25.6 Å². The van der Waals surface area contributed by atoms with Crippen LogP contribution in [0.1, 0.15) is 39.8 Å². The second-order valence-corrected chi connectivity index (χ2v) is 7.00. The van der Waals surface area contributed by atoms with Crippen LogP contribution in [0.15, 0.2) is 23.7 Å². The van der Waals surface area contributed by atoms with Crippen molar-refractivity contribution in [3.05, 3.63) is 46.4 Å². The van der Waals surface area contributed by atoms with Crippen LogP contribution in [-0.4, -0.2) is 32.8 Å². The highest BCUT2D eigenvalue weighted by Gasteiger charge is 2.32. The van der Waals surface area contributed by atoms with E-state index in [9.17, 15) is 4.79 Å². The van der Waals surface area contributed by atoms with Crippen LogP contribution < -0.4 is 10.5 Å². The Morgan fingerprint density at radius 1 is 1.23 bits per heavy atom. The molecule has 0 fully saturated rings. The number of hydrogen-bond donors (Lipinski definition) is 1. The van der Waals surface area contributed by atoms with Crippen LogP contribution in [0.4, 0.5) is 5.95 Å². The summed E-state index contributed by atoms with van der Waals surface area (Å²) in [6.45, 7) is 1.80. The third kappa shape index (κ3) is 2.82. The van der Waals surface area contributed by atoms with E-state index in [0.29, 0.717) is 35.7 Å². The fourth-order valence-corrected chi connectivity index (χ4v) is 4.23. The zero-order chi connectivity index (χ0) is 18.3. The zero-order valence-electron chi connectivity index (χ0n) is 14.4. The molecule has 0 bridgehead atoms. The SMILES string of the molecule is COc1cccc(-c2scnc2[C@@H]2CC(=O)c3c(C)nc(N)nc3C2)n1. The van der Waals surface area contributed by atoms with Crippen molar-refractivity contribution in [3.63, 3.8) is 0 Å². The van der Waals surface area contributed by atoms with E-state index in [0.717, 1.165) is 16.3 Å². The number of pyridine rings is 1. The maximum absolute atomic E-state index is 12.7. The first-order valence-electron chi connectivity index (χ1n) is 8.17. The number of aromatic nitrogens is 4. The standard InChI is InChI=1S/C18H17N5O2S/c1-9-15-12(23-18(19)21-9)6-10(7-13(15)24)16-17(26-8-20-16)11-4-3-5-14(22-11)25-2/h3-5,8,10H,6-7H2,1-2H3,(H2,19,21,23)/t10-/m0/s1. The van der Waals surface area contributed by atoms with Crippen molar-refractivity contribution in [1.82, 2.24) is 19.9 Å². The molecule has 0 amide bonds. The Balaban J connectivity index is 1.74. The first-order chi connectivity index (χ1) is 12.6. The summed E-state index contributed by atoms with van der Waals surface area (Å²) < 4.78 is 5.22. The van der Waals surface area contributed by atoms with Crippen LogP contribution in [-0.2, 0) is 6.42 Å². The van der Waals surface area contributed by atoms with Crippen molar-refractivity contribution in [2.45, 2.75) is 25.7 Å². The van der Waals surface area contributed by atoms with Gasteiger partial charge in [-0.2, -0.15) is 0 Å². The Kier molecular flexibility index (Phi) is 4.12. The van der Waals surface area contributed by atoms with Gasteiger partial charge in [0, 0.05) is 18.4 Å². The van der Waals surface area contributed by atoms with Gasteiger partial charge in [-0.15, -0.1) is 11.3 Å². The Morgan fingerprint density at radius 2 is 2.08 bits per heavy atom. The predicted molar refractivity (Wildman–Crippen MR) is 98.5 cm³/mol. The molecule has 2 N–H and O–H groups in total. The van der Waals surface area contributed by atoms with Crippen LogP contribution in [0.5, 0.6) is 5.88 Å². The minimum atomic E-state index is -0.0575. The maximum atomic E-state index is 12.7. The zero-order valence-corrected chi connectivity index (χ0v) is 15.2. The fourth-order valence-electron chi connectivity index (χ4n) is 3.38. The lowest BCUT2D eigenvalue weighted by Crippen LogP contribution is -2.23. The summed E-state index contributed by atoms with van der Waals surface area (Å²) in [5, 5.41) is 0. The molecule has 3 aromatic rings. The number of thiazole rings is 1.